The molecule has 0 N–H and O–H groups in total. The summed E-state index contributed by atoms with van der Waals surface area (Å²) in [5.74, 6) is 3.98. The van der Waals surface area contributed by atoms with E-state index >= 15 is 0 Å². The number of rotatable bonds is 2. The molecule has 9 rings (SSSR count). The number of hydrogen-bond acceptors (Lipinski definition) is 0. The Morgan fingerprint density at radius 1 is 0.404 bits per heavy atom. The fraction of sp³-hybridized carbons (Fsp3) is 0.574. The predicted octanol–water partition coefficient (Wildman–Crippen LogP) is 12.7. The molecule has 4 unspecified atom stereocenters. The van der Waals surface area contributed by atoms with E-state index in [0.717, 1.165) is 0 Å². The Kier molecular flexibility index (Phi) is 6.33. The van der Waals surface area contributed by atoms with Crippen molar-refractivity contribution in [2.75, 3.05) is 0 Å². The van der Waals surface area contributed by atoms with Gasteiger partial charge < -0.3 is 0 Å². The third-order valence-electron chi connectivity index (χ3n) is 15.4. The van der Waals surface area contributed by atoms with Crippen molar-refractivity contribution in [3.05, 3.63) is 106 Å². The van der Waals surface area contributed by atoms with Crippen LogP contribution in [-0.2, 0) is 5.41 Å². The lowest BCUT2D eigenvalue weighted by Crippen LogP contribution is -2.40. The van der Waals surface area contributed by atoms with Gasteiger partial charge in [0.15, 0.2) is 0 Å². The third kappa shape index (κ3) is 4.18. The number of fused-ring (bicyclic) bond motifs is 7. The van der Waals surface area contributed by atoms with E-state index in [1.165, 1.54) is 62.5 Å². The van der Waals surface area contributed by atoms with Crippen LogP contribution < -0.4 is 0 Å². The van der Waals surface area contributed by atoms with Crippen molar-refractivity contribution in [3.63, 3.8) is 0 Å². The highest BCUT2D eigenvalue weighted by Crippen LogP contribution is 2.68. The first kappa shape index (κ1) is 30.5. The van der Waals surface area contributed by atoms with Crippen molar-refractivity contribution < 1.29 is 0 Å². The monoisotopic (exact) mass is 622 g/mol. The van der Waals surface area contributed by atoms with Crippen molar-refractivity contribution in [2.24, 2.45) is 57.2 Å². The molecule has 0 saturated heterocycles. The Labute approximate surface area is 285 Å². The fourth-order valence-corrected chi connectivity index (χ4v) is 12.6. The van der Waals surface area contributed by atoms with Gasteiger partial charge in [-0.1, -0.05) is 128 Å². The van der Waals surface area contributed by atoms with E-state index in [0.29, 0.717) is 35.5 Å². The van der Waals surface area contributed by atoms with E-state index in [1.54, 1.807) is 33.4 Å². The van der Waals surface area contributed by atoms with E-state index in [2.05, 4.69) is 128 Å². The Bertz CT molecular complexity index is 1570. The third-order valence-corrected chi connectivity index (χ3v) is 15.4. The van der Waals surface area contributed by atoms with Crippen LogP contribution in [0.25, 0.3) is 11.1 Å². The lowest BCUT2D eigenvalue weighted by Gasteiger charge is -2.47. The van der Waals surface area contributed by atoms with Crippen LogP contribution in [-0.4, -0.2) is 0 Å². The van der Waals surface area contributed by atoms with Gasteiger partial charge in [-0.15, -0.1) is 0 Å². The molecule has 0 heteroatoms. The summed E-state index contributed by atoms with van der Waals surface area (Å²) in [5.41, 5.74) is 14.3. The molecular weight excluding hydrogens is 565 g/mol. The average molecular weight is 623 g/mol. The van der Waals surface area contributed by atoms with Crippen LogP contribution in [0.3, 0.4) is 0 Å². The first-order chi connectivity index (χ1) is 22.2. The highest BCUT2D eigenvalue weighted by molar-refractivity contribution is 5.81. The summed E-state index contributed by atoms with van der Waals surface area (Å²) in [4.78, 5) is 0. The summed E-state index contributed by atoms with van der Waals surface area (Å²) in [6, 6.07) is 19.3. The summed E-state index contributed by atoms with van der Waals surface area (Å²) in [7, 11) is 0. The van der Waals surface area contributed by atoms with Gasteiger partial charge in [0.25, 0.3) is 0 Å². The zero-order valence-corrected chi connectivity index (χ0v) is 30.5. The molecule has 0 radical (unpaired) electrons. The van der Waals surface area contributed by atoms with E-state index in [1.807, 2.05) is 0 Å². The molecule has 2 aromatic rings. The molecule has 0 aromatic heterocycles. The Hall–Kier alpha value is -2.60. The maximum absolute atomic E-state index is 2.82. The lowest BCUT2D eigenvalue weighted by atomic mass is 9.58. The topological polar surface area (TPSA) is 0 Å². The molecule has 0 heterocycles. The maximum atomic E-state index is 2.82. The smallest absolute Gasteiger partial charge is 0.0272 e. The quantitative estimate of drug-likeness (QED) is 0.313. The minimum Gasteiger partial charge on any atom is -0.0768 e. The van der Waals surface area contributed by atoms with E-state index in [9.17, 15) is 0 Å². The van der Waals surface area contributed by atoms with Crippen LogP contribution >= 0.6 is 0 Å². The van der Waals surface area contributed by atoms with Gasteiger partial charge in [-0.25, -0.2) is 0 Å². The molecule has 4 atom stereocenters. The van der Waals surface area contributed by atoms with Gasteiger partial charge in [0.1, 0.15) is 0 Å². The fourth-order valence-electron chi connectivity index (χ4n) is 12.6. The summed E-state index contributed by atoms with van der Waals surface area (Å²) in [5, 5.41) is 0. The summed E-state index contributed by atoms with van der Waals surface area (Å²) < 4.78 is 0. The molecule has 0 bridgehead atoms. The second-order valence-corrected chi connectivity index (χ2v) is 19.8. The maximum Gasteiger partial charge on any atom is 0.0272 e. The Balaban J connectivity index is 1.18. The normalized spacial score (nSPS) is 35.9. The number of benzene rings is 2. The SMILES string of the molecule is CC1(C)CCC(C)(C)C2=CC3CC(C4(C5CC6C=C7C(=CC6C5)C(C)(C)CCC7(C)C)c5ccccc5-c5ccccc54)CC3C=C21. The Morgan fingerprint density at radius 2 is 0.681 bits per heavy atom. The Morgan fingerprint density at radius 3 is 0.979 bits per heavy atom. The standard InChI is InChI=1S/C47H58/c1-43(2)17-18-44(3,4)40-26-30-22-33(21-29(30)25-39(40)43)47(37-15-11-9-13-35(37)36-14-10-12-16-38(36)47)34-23-31-27-41-42(28-32(31)24-34)46(7,8)20-19-45(41,5)6/h9-16,25-34H,17-24H2,1-8H3. The van der Waals surface area contributed by atoms with Crippen LogP contribution in [0.4, 0.5) is 0 Å². The molecule has 47 heavy (non-hydrogen) atoms. The van der Waals surface area contributed by atoms with E-state index in [-0.39, 0.29) is 27.1 Å². The summed E-state index contributed by atoms with van der Waals surface area (Å²) >= 11 is 0. The molecule has 246 valence electrons. The molecule has 0 spiro atoms. The van der Waals surface area contributed by atoms with Crippen molar-refractivity contribution in [3.8, 4) is 11.1 Å². The molecule has 0 amide bonds. The molecule has 4 saturated carbocycles. The van der Waals surface area contributed by atoms with Crippen molar-refractivity contribution in [2.45, 2.75) is 112 Å². The van der Waals surface area contributed by atoms with Crippen molar-refractivity contribution in [1.29, 1.82) is 0 Å². The van der Waals surface area contributed by atoms with E-state index in [4.69, 9.17) is 0 Å². The average Bonchev–Trinajstić information content (AvgIpc) is 3.73. The molecule has 7 aliphatic rings. The van der Waals surface area contributed by atoms with Gasteiger partial charge >= 0.3 is 0 Å². The minimum atomic E-state index is 0.0856. The largest absolute Gasteiger partial charge is 0.0768 e. The van der Waals surface area contributed by atoms with E-state index < -0.39 is 0 Å². The van der Waals surface area contributed by atoms with Gasteiger partial charge in [-0.2, -0.15) is 0 Å². The summed E-state index contributed by atoms with van der Waals surface area (Å²) in [6.45, 7) is 20.1. The molecular formula is C47H58. The van der Waals surface area contributed by atoms with Gasteiger partial charge in [0, 0.05) is 5.41 Å². The van der Waals surface area contributed by atoms with Crippen LogP contribution in [0.1, 0.15) is 118 Å². The van der Waals surface area contributed by atoms with Gasteiger partial charge in [-0.05, 0) is 153 Å². The first-order valence-corrected chi connectivity index (χ1v) is 19.3. The van der Waals surface area contributed by atoms with Crippen LogP contribution in [0.2, 0.25) is 0 Å². The zero-order valence-electron chi connectivity index (χ0n) is 30.5. The number of allylic oxidation sites excluding steroid dienone is 8. The van der Waals surface area contributed by atoms with Gasteiger partial charge in [-0.3, -0.25) is 0 Å². The van der Waals surface area contributed by atoms with Crippen molar-refractivity contribution >= 4 is 0 Å². The molecule has 7 aliphatic carbocycles. The van der Waals surface area contributed by atoms with Crippen LogP contribution in [0.5, 0.6) is 0 Å². The zero-order chi connectivity index (χ0) is 32.7. The first-order valence-electron chi connectivity index (χ1n) is 19.3. The highest BCUT2D eigenvalue weighted by atomic mass is 14.6. The molecule has 0 nitrogen and oxygen atoms in total. The molecule has 2 aromatic carbocycles. The second kappa shape index (κ2) is 9.76. The molecule has 0 aliphatic heterocycles. The predicted molar refractivity (Wildman–Crippen MR) is 198 cm³/mol. The van der Waals surface area contributed by atoms with Gasteiger partial charge in [0.05, 0.1) is 0 Å². The molecule has 4 fully saturated rings. The summed E-state index contributed by atoms with van der Waals surface area (Å²) in [6.07, 6.45) is 21.8. The highest BCUT2D eigenvalue weighted by Gasteiger charge is 2.59. The van der Waals surface area contributed by atoms with Crippen molar-refractivity contribution in [1.82, 2.24) is 0 Å². The van der Waals surface area contributed by atoms with Gasteiger partial charge in [0.2, 0.25) is 0 Å². The second-order valence-electron chi connectivity index (χ2n) is 19.8. The lowest BCUT2D eigenvalue weighted by molar-refractivity contribution is 0.214. The van der Waals surface area contributed by atoms with Crippen LogP contribution in [0.15, 0.2) is 95.1 Å². The minimum absolute atomic E-state index is 0.0856. The number of hydrogen-bond donors (Lipinski definition) is 0. The van der Waals surface area contributed by atoms with Crippen LogP contribution in [0, 0.1) is 57.2 Å².